The molecule has 3 heterocycles. The molecule has 2 unspecified atom stereocenters. The molecule has 2 atom stereocenters. The molecule has 2 fully saturated rings. The molecule has 0 saturated carbocycles. The first-order chi connectivity index (χ1) is 8.22. The van der Waals surface area contributed by atoms with E-state index in [2.05, 4.69) is 20.2 Å². The van der Waals surface area contributed by atoms with Gasteiger partial charge in [-0.05, 0) is 12.8 Å². The van der Waals surface area contributed by atoms with E-state index in [9.17, 15) is 8.78 Å². The number of halogens is 2. The summed E-state index contributed by atoms with van der Waals surface area (Å²) in [6.45, 7) is 1.73. The standard InChI is InChI=1S/C11H14F2N4/c12-10(13)7-3-14-11(15-4-7)17-5-8-1-2-9(6-17)16-8/h3-4,8-10,16H,1-2,5-6H2. The molecule has 0 spiro atoms. The van der Waals surface area contributed by atoms with Crippen LogP contribution in [0.2, 0.25) is 0 Å². The number of nitrogens with one attached hydrogen (secondary N) is 1. The Morgan fingerprint density at radius 2 is 1.76 bits per heavy atom. The van der Waals surface area contributed by atoms with Crippen molar-refractivity contribution >= 4 is 5.95 Å². The molecule has 2 bridgehead atoms. The average molecular weight is 240 g/mol. The molecule has 2 aliphatic rings. The SMILES string of the molecule is FC(F)c1cnc(N2CC3CCC(C2)N3)nc1. The minimum Gasteiger partial charge on any atom is -0.338 e. The van der Waals surface area contributed by atoms with Gasteiger partial charge in [0.05, 0.1) is 5.56 Å². The Morgan fingerprint density at radius 3 is 2.29 bits per heavy atom. The molecule has 6 heteroatoms. The molecule has 2 saturated heterocycles. The fraction of sp³-hybridized carbons (Fsp3) is 0.636. The Hall–Kier alpha value is -1.30. The fourth-order valence-electron chi connectivity index (χ4n) is 2.57. The van der Waals surface area contributed by atoms with E-state index in [1.165, 1.54) is 25.2 Å². The van der Waals surface area contributed by atoms with Gasteiger partial charge in [-0.1, -0.05) is 0 Å². The molecule has 0 aromatic carbocycles. The summed E-state index contributed by atoms with van der Waals surface area (Å²) in [5.41, 5.74) is -0.119. The van der Waals surface area contributed by atoms with Gasteiger partial charge >= 0.3 is 0 Å². The van der Waals surface area contributed by atoms with Crippen LogP contribution in [-0.4, -0.2) is 35.1 Å². The van der Waals surface area contributed by atoms with Gasteiger partial charge in [0, 0.05) is 37.6 Å². The molecule has 0 radical (unpaired) electrons. The summed E-state index contributed by atoms with van der Waals surface area (Å²) in [7, 11) is 0. The van der Waals surface area contributed by atoms with E-state index in [0.29, 0.717) is 18.0 Å². The highest BCUT2D eigenvalue weighted by atomic mass is 19.3. The first-order valence-electron chi connectivity index (χ1n) is 5.83. The average Bonchev–Trinajstić information content (AvgIpc) is 2.68. The van der Waals surface area contributed by atoms with Gasteiger partial charge in [-0.2, -0.15) is 0 Å². The van der Waals surface area contributed by atoms with Gasteiger partial charge in [-0.15, -0.1) is 0 Å². The van der Waals surface area contributed by atoms with Crippen LogP contribution in [-0.2, 0) is 0 Å². The van der Waals surface area contributed by atoms with E-state index >= 15 is 0 Å². The van der Waals surface area contributed by atoms with Crippen molar-refractivity contribution < 1.29 is 8.78 Å². The van der Waals surface area contributed by atoms with Gasteiger partial charge in [-0.3, -0.25) is 0 Å². The van der Waals surface area contributed by atoms with E-state index in [0.717, 1.165) is 13.1 Å². The lowest BCUT2D eigenvalue weighted by Crippen LogP contribution is -2.51. The van der Waals surface area contributed by atoms with Gasteiger partial charge in [0.25, 0.3) is 6.43 Å². The van der Waals surface area contributed by atoms with Crippen molar-refractivity contribution in [3.05, 3.63) is 18.0 Å². The minimum atomic E-state index is -2.50. The molecule has 1 aromatic heterocycles. The van der Waals surface area contributed by atoms with Gasteiger partial charge in [0.15, 0.2) is 0 Å². The Kier molecular flexibility index (Phi) is 2.66. The summed E-state index contributed by atoms with van der Waals surface area (Å²) in [6.07, 6.45) is 2.30. The van der Waals surface area contributed by atoms with Crippen LogP contribution in [0.3, 0.4) is 0 Å². The quantitative estimate of drug-likeness (QED) is 0.847. The van der Waals surface area contributed by atoms with E-state index in [1.54, 1.807) is 0 Å². The summed E-state index contributed by atoms with van der Waals surface area (Å²) >= 11 is 0. The number of hydrogen-bond donors (Lipinski definition) is 1. The van der Waals surface area contributed by atoms with Gasteiger partial charge in [0.2, 0.25) is 5.95 Å². The van der Waals surface area contributed by atoms with Crippen LogP contribution < -0.4 is 10.2 Å². The summed E-state index contributed by atoms with van der Waals surface area (Å²) in [5, 5.41) is 3.50. The first-order valence-corrected chi connectivity index (χ1v) is 5.83. The second-order valence-electron chi connectivity index (χ2n) is 4.66. The topological polar surface area (TPSA) is 41.1 Å². The molecular formula is C11H14F2N4. The van der Waals surface area contributed by atoms with Crippen LogP contribution in [0.25, 0.3) is 0 Å². The second kappa shape index (κ2) is 4.18. The largest absolute Gasteiger partial charge is 0.338 e. The second-order valence-corrected chi connectivity index (χ2v) is 4.66. The molecular weight excluding hydrogens is 226 g/mol. The smallest absolute Gasteiger partial charge is 0.266 e. The number of fused-ring (bicyclic) bond motifs is 2. The highest BCUT2D eigenvalue weighted by Crippen LogP contribution is 2.23. The van der Waals surface area contributed by atoms with Crippen molar-refractivity contribution in [1.29, 1.82) is 0 Å². The van der Waals surface area contributed by atoms with Gasteiger partial charge < -0.3 is 10.2 Å². The Morgan fingerprint density at radius 1 is 1.18 bits per heavy atom. The Bertz CT molecular complexity index is 383. The van der Waals surface area contributed by atoms with E-state index in [4.69, 9.17) is 0 Å². The van der Waals surface area contributed by atoms with Crippen LogP contribution >= 0.6 is 0 Å². The molecule has 3 rings (SSSR count). The number of aromatic nitrogens is 2. The van der Waals surface area contributed by atoms with Crippen molar-refractivity contribution in [1.82, 2.24) is 15.3 Å². The van der Waals surface area contributed by atoms with Gasteiger partial charge in [-0.25, -0.2) is 18.7 Å². The zero-order chi connectivity index (χ0) is 11.8. The fourth-order valence-corrected chi connectivity index (χ4v) is 2.57. The summed E-state index contributed by atoms with van der Waals surface area (Å²) in [4.78, 5) is 10.1. The van der Waals surface area contributed by atoms with Crippen molar-refractivity contribution in [3.8, 4) is 0 Å². The lowest BCUT2D eigenvalue weighted by Gasteiger charge is -2.32. The lowest BCUT2D eigenvalue weighted by molar-refractivity contribution is 0.150. The van der Waals surface area contributed by atoms with Crippen LogP contribution in [0.1, 0.15) is 24.8 Å². The predicted octanol–water partition coefficient (Wildman–Crippen LogP) is 1.35. The molecule has 92 valence electrons. The molecule has 0 amide bonds. The zero-order valence-electron chi connectivity index (χ0n) is 9.31. The third kappa shape index (κ3) is 2.09. The molecule has 1 N–H and O–H groups in total. The van der Waals surface area contributed by atoms with Crippen molar-refractivity contribution in [2.24, 2.45) is 0 Å². The number of alkyl halides is 2. The maximum Gasteiger partial charge on any atom is 0.266 e. The van der Waals surface area contributed by atoms with Crippen molar-refractivity contribution in [2.45, 2.75) is 31.4 Å². The Balaban J connectivity index is 1.75. The van der Waals surface area contributed by atoms with E-state index in [-0.39, 0.29) is 5.56 Å². The minimum absolute atomic E-state index is 0.119. The monoisotopic (exact) mass is 240 g/mol. The predicted molar refractivity (Wildman–Crippen MR) is 59.1 cm³/mol. The number of rotatable bonds is 2. The number of piperazine rings is 1. The van der Waals surface area contributed by atoms with Crippen LogP contribution in [0.15, 0.2) is 12.4 Å². The molecule has 4 nitrogen and oxygen atoms in total. The molecule has 1 aromatic rings. The maximum atomic E-state index is 12.4. The summed E-state index contributed by atoms with van der Waals surface area (Å²) in [6, 6.07) is 0.985. The zero-order valence-corrected chi connectivity index (χ0v) is 9.31. The van der Waals surface area contributed by atoms with Crippen LogP contribution in [0, 0.1) is 0 Å². The van der Waals surface area contributed by atoms with Crippen molar-refractivity contribution in [3.63, 3.8) is 0 Å². The van der Waals surface area contributed by atoms with Crippen LogP contribution in [0.5, 0.6) is 0 Å². The molecule has 0 aliphatic carbocycles. The highest BCUT2D eigenvalue weighted by Gasteiger charge is 2.33. The number of hydrogen-bond acceptors (Lipinski definition) is 4. The third-order valence-electron chi connectivity index (χ3n) is 3.41. The normalized spacial score (nSPS) is 27.8. The Labute approximate surface area is 98.1 Å². The number of anilines is 1. The lowest BCUT2D eigenvalue weighted by atomic mass is 10.2. The summed E-state index contributed by atoms with van der Waals surface area (Å²) < 4.78 is 24.7. The van der Waals surface area contributed by atoms with E-state index in [1.807, 2.05) is 0 Å². The summed E-state index contributed by atoms with van der Waals surface area (Å²) in [5.74, 6) is 0.563. The van der Waals surface area contributed by atoms with Crippen LogP contribution in [0.4, 0.5) is 14.7 Å². The van der Waals surface area contributed by atoms with Gasteiger partial charge in [0.1, 0.15) is 0 Å². The van der Waals surface area contributed by atoms with E-state index < -0.39 is 6.43 Å². The van der Waals surface area contributed by atoms with Crippen molar-refractivity contribution in [2.75, 3.05) is 18.0 Å². The molecule has 17 heavy (non-hydrogen) atoms. The third-order valence-corrected chi connectivity index (χ3v) is 3.41. The first kappa shape index (κ1) is 10.8. The number of nitrogens with zero attached hydrogens (tertiary/aromatic N) is 3. The maximum absolute atomic E-state index is 12.4. The highest BCUT2D eigenvalue weighted by molar-refractivity contribution is 5.33. The molecule has 2 aliphatic heterocycles.